The highest BCUT2D eigenvalue weighted by molar-refractivity contribution is 5.93. The molecule has 1 aromatic carbocycles. The number of hydrogen-bond donors (Lipinski definition) is 2. The Bertz CT molecular complexity index is 555. The molecule has 72 valence electrons. The smallest absolute Gasteiger partial charge is 0.256 e. The van der Waals surface area contributed by atoms with E-state index in [0.717, 1.165) is 16.6 Å². The van der Waals surface area contributed by atoms with Gasteiger partial charge in [-0.3, -0.25) is 4.79 Å². The zero-order valence-corrected chi connectivity index (χ0v) is 8.22. The van der Waals surface area contributed by atoms with Gasteiger partial charge in [0, 0.05) is 16.5 Å². The second-order valence-electron chi connectivity index (χ2n) is 3.54. The first-order valence-corrected chi connectivity index (χ1v) is 4.48. The average molecular weight is 188 g/mol. The minimum atomic E-state index is -0.0737. The fourth-order valence-corrected chi connectivity index (χ4v) is 1.59. The van der Waals surface area contributed by atoms with E-state index < -0.39 is 0 Å². The molecule has 0 atom stereocenters. The number of nitrogens with one attached hydrogen (secondary N) is 1. The van der Waals surface area contributed by atoms with Crippen molar-refractivity contribution in [3.8, 4) is 0 Å². The Morgan fingerprint density at radius 3 is 2.64 bits per heavy atom. The molecule has 3 heteroatoms. The van der Waals surface area contributed by atoms with Crippen LogP contribution < -0.4 is 11.3 Å². The summed E-state index contributed by atoms with van der Waals surface area (Å²) in [6, 6.07) is 5.70. The molecule has 0 amide bonds. The molecule has 0 spiro atoms. The van der Waals surface area contributed by atoms with Gasteiger partial charge in [0.15, 0.2) is 0 Å². The minimum absolute atomic E-state index is 0.0737. The Morgan fingerprint density at radius 2 is 1.93 bits per heavy atom. The fourth-order valence-electron chi connectivity index (χ4n) is 1.59. The lowest BCUT2D eigenvalue weighted by molar-refractivity contribution is 1.17. The van der Waals surface area contributed by atoms with Crippen molar-refractivity contribution in [1.29, 1.82) is 0 Å². The molecule has 0 aliphatic rings. The number of fused-ring (bicyclic) bond motifs is 1. The van der Waals surface area contributed by atoms with Crippen LogP contribution in [-0.4, -0.2) is 4.98 Å². The summed E-state index contributed by atoms with van der Waals surface area (Å²) < 4.78 is 0. The molecule has 3 N–H and O–H groups in total. The van der Waals surface area contributed by atoms with E-state index in [1.165, 1.54) is 0 Å². The van der Waals surface area contributed by atoms with Crippen LogP contribution in [0.1, 0.15) is 11.3 Å². The highest BCUT2D eigenvalue weighted by Crippen LogP contribution is 2.20. The van der Waals surface area contributed by atoms with Gasteiger partial charge in [-0.25, -0.2) is 0 Å². The second kappa shape index (κ2) is 2.87. The summed E-state index contributed by atoms with van der Waals surface area (Å²) in [6.45, 7) is 3.75. The number of aromatic nitrogens is 1. The molecule has 1 heterocycles. The topological polar surface area (TPSA) is 58.9 Å². The number of rotatable bonds is 0. The summed E-state index contributed by atoms with van der Waals surface area (Å²) in [4.78, 5) is 14.3. The van der Waals surface area contributed by atoms with Crippen molar-refractivity contribution in [3.63, 3.8) is 0 Å². The molecule has 1 aromatic heterocycles. The molecule has 0 aliphatic carbocycles. The number of pyridine rings is 1. The van der Waals surface area contributed by atoms with E-state index in [1.54, 1.807) is 6.92 Å². The van der Waals surface area contributed by atoms with Crippen LogP contribution in [0.4, 0.5) is 5.69 Å². The van der Waals surface area contributed by atoms with Gasteiger partial charge < -0.3 is 10.7 Å². The van der Waals surface area contributed by atoms with Crippen molar-refractivity contribution in [3.05, 3.63) is 39.8 Å². The van der Waals surface area contributed by atoms with Crippen LogP contribution in [0.2, 0.25) is 0 Å². The average Bonchev–Trinajstić information content (AvgIpc) is 2.14. The third kappa shape index (κ3) is 1.18. The number of nitrogens with two attached hydrogens (primary N) is 1. The van der Waals surface area contributed by atoms with Gasteiger partial charge in [0.05, 0.1) is 5.69 Å². The van der Waals surface area contributed by atoms with E-state index >= 15 is 0 Å². The van der Waals surface area contributed by atoms with E-state index in [2.05, 4.69) is 4.98 Å². The van der Waals surface area contributed by atoms with Crippen LogP contribution in [-0.2, 0) is 0 Å². The Labute approximate surface area is 81.6 Å². The van der Waals surface area contributed by atoms with Crippen LogP contribution >= 0.6 is 0 Å². The molecule has 3 nitrogen and oxygen atoms in total. The zero-order valence-electron chi connectivity index (χ0n) is 8.22. The van der Waals surface area contributed by atoms with Crippen LogP contribution in [0.3, 0.4) is 0 Å². The lowest BCUT2D eigenvalue weighted by Gasteiger charge is -2.05. The summed E-state index contributed by atoms with van der Waals surface area (Å²) >= 11 is 0. The van der Waals surface area contributed by atoms with Crippen molar-refractivity contribution in [2.45, 2.75) is 13.8 Å². The van der Waals surface area contributed by atoms with Crippen LogP contribution in [0, 0.1) is 13.8 Å². The normalized spacial score (nSPS) is 10.7. The number of nitrogen functional groups attached to an aromatic ring is 1. The fraction of sp³-hybridized carbons (Fsp3) is 0.182. The number of aromatic amines is 1. The molecule has 0 saturated heterocycles. The first-order chi connectivity index (χ1) is 6.59. The summed E-state index contributed by atoms with van der Waals surface area (Å²) in [5, 5.41) is 1.49. The van der Waals surface area contributed by atoms with E-state index in [0.29, 0.717) is 11.1 Å². The molecule has 0 saturated carbocycles. The van der Waals surface area contributed by atoms with Gasteiger partial charge in [-0.1, -0.05) is 17.7 Å². The van der Waals surface area contributed by atoms with Gasteiger partial charge in [-0.05, 0) is 19.9 Å². The van der Waals surface area contributed by atoms with Crippen molar-refractivity contribution in [2.24, 2.45) is 0 Å². The molecule has 2 rings (SSSR count). The third-order valence-electron chi connectivity index (χ3n) is 2.41. The molecular formula is C11H12N2O. The van der Waals surface area contributed by atoms with E-state index in [9.17, 15) is 4.79 Å². The lowest BCUT2D eigenvalue weighted by Crippen LogP contribution is -2.10. The molecule has 14 heavy (non-hydrogen) atoms. The summed E-state index contributed by atoms with van der Waals surface area (Å²) in [5.74, 6) is 0. The maximum absolute atomic E-state index is 11.6. The zero-order chi connectivity index (χ0) is 10.3. The SMILES string of the molecule is Cc1ccc2c(N)c(C)[nH]c(=O)c2c1. The van der Waals surface area contributed by atoms with Crippen LogP contribution in [0.5, 0.6) is 0 Å². The quantitative estimate of drug-likeness (QED) is 0.661. The maximum atomic E-state index is 11.6. The van der Waals surface area contributed by atoms with E-state index in [-0.39, 0.29) is 5.56 Å². The molecular weight excluding hydrogens is 176 g/mol. The number of H-pyrrole nitrogens is 1. The highest BCUT2D eigenvalue weighted by atomic mass is 16.1. The van der Waals surface area contributed by atoms with E-state index in [1.807, 2.05) is 25.1 Å². The van der Waals surface area contributed by atoms with Gasteiger partial charge in [0.2, 0.25) is 0 Å². The van der Waals surface area contributed by atoms with Crippen LogP contribution in [0.25, 0.3) is 10.8 Å². The predicted octanol–water partition coefficient (Wildman–Crippen LogP) is 1.73. The van der Waals surface area contributed by atoms with Crippen molar-refractivity contribution in [2.75, 3.05) is 5.73 Å². The Morgan fingerprint density at radius 1 is 1.21 bits per heavy atom. The van der Waals surface area contributed by atoms with Gasteiger partial charge in [0.1, 0.15) is 0 Å². The number of benzene rings is 1. The van der Waals surface area contributed by atoms with Gasteiger partial charge >= 0.3 is 0 Å². The van der Waals surface area contributed by atoms with Gasteiger partial charge in [0.25, 0.3) is 5.56 Å². The van der Waals surface area contributed by atoms with Crippen molar-refractivity contribution in [1.82, 2.24) is 4.98 Å². The maximum Gasteiger partial charge on any atom is 0.256 e. The summed E-state index contributed by atoms with van der Waals surface area (Å²) in [7, 11) is 0. The third-order valence-corrected chi connectivity index (χ3v) is 2.41. The monoisotopic (exact) mass is 188 g/mol. The number of anilines is 1. The minimum Gasteiger partial charge on any atom is -0.397 e. The molecule has 0 unspecified atom stereocenters. The van der Waals surface area contributed by atoms with Crippen molar-refractivity contribution >= 4 is 16.5 Å². The van der Waals surface area contributed by atoms with Gasteiger partial charge in [-0.2, -0.15) is 0 Å². The highest BCUT2D eigenvalue weighted by Gasteiger charge is 2.04. The molecule has 0 bridgehead atoms. The number of hydrogen-bond acceptors (Lipinski definition) is 2. The summed E-state index contributed by atoms with van der Waals surface area (Å²) in [5.41, 5.74) is 8.24. The molecule has 2 aromatic rings. The predicted molar refractivity (Wildman–Crippen MR) is 58.5 cm³/mol. The van der Waals surface area contributed by atoms with Gasteiger partial charge in [-0.15, -0.1) is 0 Å². The molecule has 0 fully saturated rings. The standard InChI is InChI=1S/C11H12N2O/c1-6-3-4-8-9(5-6)11(14)13-7(2)10(8)12/h3-5H,12H2,1-2H3,(H,13,14). The lowest BCUT2D eigenvalue weighted by atomic mass is 10.1. The number of aryl methyl sites for hydroxylation is 2. The van der Waals surface area contributed by atoms with Crippen molar-refractivity contribution < 1.29 is 0 Å². The molecule has 0 radical (unpaired) electrons. The Hall–Kier alpha value is -1.77. The first-order valence-electron chi connectivity index (χ1n) is 4.48. The Kier molecular flexibility index (Phi) is 1.81. The van der Waals surface area contributed by atoms with Crippen LogP contribution in [0.15, 0.2) is 23.0 Å². The largest absolute Gasteiger partial charge is 0.397 e. The molecule has 0 aliphatic heterocycles. The van der Waals surface area contributed by atoms with E-state index in [4.69, 9.17) is 5.73 Å². The second-order valence-corrected chi connectivity index (χ2v) is 3.54. The Balaban J connectivity index is 3.02. The summed E-state index contributed by atoms with van der Waals surface area (Å²) in [6.07, 6.45) is 0. The first kappa shape index (κ1) is 8.81.